The van der Waals surface area contributed by atoms with Crippen LogP contribution < -0.4 is 0 Å². The van der Waals surface area contributed by atoms with Crippen LogP contribution in [-0.2, 0) is 6.42 Å². The Bertz CT molecular complexity index is 453. The van der Waals surface area contributed by atoms with Crippen LogP contribution in [0.25, 0.3) is 0 Å². The van der Waals surface area contributed by atoms with Crippen molar-refractivity contribution in [1.82, 2.24) is 0 Å². The Balaban J connectivity index is 1.95. The summed E-state index contributed by atoms with van der Waals surface area (Å²) in [5.41, 5.74) is 2.58. The molecule has 2 nitrogen and oxygen atoms in total. The lowest BCUT2D eigenvalue weighted by Gasteiger charge is -2.37. The van der Waals surface area contributed by atoms with E-state index in [0.29, 0.717) is 5.92 Å². The quantitative estimate of drug-likeness (QED) is 0.634. The van der Waals surface area contributed by atoms with Gasteiger partial charge >= 0.3 is 0 Å². The molecule has 96 valence electrons. The topological polar surface area (TPSA) is 32.6 Å². The standard InChI is InChI=1S/C16H21NO/c1-2-16(11-12-6-4-3-5-7-12)14-9-8-13(10-14)15(16)17-18/h3-7,13-14,18H,2,8-11H2,1H3/b17-15-/t13-,14+,16+/m1/s1. The summed E-state index contributed by atoms with van der Waals surface area (Å²) >= 11 is 0. The Morgan fingerprint density at radius 2 is 2.06 bits per heavy atom. The number of rotatable bonds is 3. The third-order valence-corrected chi connectivity index (χ3v) is 5.21. The van der Waals surface area contributed by atoms with Crippen LogP contribution in [-0.4, -0.2) is 10.9 Å². The van der Waals surface area contributed by atoms with Gasteiger partial charge in [0.15, 0.2) is 0 Å². The van der Waals surface area contributed by atoms with Crippen LogP contribution in [0, 0.1) is 17.3 Å². The molecule has 0 aromatic heterocycles. The Labute approximate surface area is 109 Å². The van der Waals surface area contributed by atoms with Crippen LogP contribution in [0.1, 0.15) is 38.2 Å². The lowest BCUT2D eigenvalue weighted by Crippen LogP contribution is -2.38. The van der Waals surface area contributed by atoms with Crippen molar-refractivity contribution < 1.29 is 5.21 Å². The zero-order valence-corrected chi connectivity index (χ0v) is 11.0. The van der Waals surface area contributed by atoms with Crippen molar-refractivity contribution in [3.05, 3.63) is 35.9 Å². The molecule has 0 aliphatic heterocycles. The first-order chi connectivity index (χ1) is 8.80. The molecule has 3 atom stereocenters. The van der Waals surface area contributed by atoms with E-state index in [1.165, 1.54) is 24.8 Å². The van der Waals surface area contributed by atoms with Crippen LogP contribution in [0.3, 0.4) is 0 Å². The fourth-order valence-electron chi connectivity index (χ4n) is 4.32. The van der Waals surface area contributed by atoms with Crippen molar-refractivity contribution in [2.45, 2.75) is 39.0 Å². The molecule has 2 aliphatic rings. The fourth-order valence-corrected chi connectivity index (χ4v) is 4.32. The molecule has 0 spiro atoms. The minimum atomic E-state index is 0.124. The molecule has 0 amide bonds. The number of hydrogen-bond donors (Lipinski definition) is 1. The number of benzene rings is 1. The average Bonchev–Trinajstić information content (AvgIpc) is 2.99. The maximum atomic E-state index is 9.42. The van der Waals surface area contributed by atoms with E-state index in [1.54, 1.807) is 0 Å². The van der Waals surface area contributed by atoms with Gasteiger partial charge in [-0.2, -0.15) is 0 Å². The number of fused-ring (bicyclic) bond motifs is 2. The smallest absolute Gasteiger partial charge is 0.0669 e. The summed E-state index contributed by atoms with van der Waals surface area (Å²) in [7, 11) is 0. The van der Waals surface area contributed by atoms with E-state index in [2.05, 4.69) is 42.4 Å². The maximum absolute atomic E-state index is 9.42. The van der Waals surface area contributed by atoms with Gasteiger partial charge in [-0.15, -0.1) is 0 Å². The Kier molecular flexibility index (Phi) is 2.89. The van der Waals surface area contributed by atoms with Crippen LogP contribution >= 0.6 is 0 Å². The highest BCUT2D eigenvalue weighted by molar-refractivity contribution is 5.95. The Hall–Kier alpha value is -1.31. The van der Waals surface area contributed by atoms with Crippen molar-refractivity contribution in [2.24, 2.45) is 22.4 Å². The second-order valence-electron chi connectivity index (χ2n) is 5.86. The summed E-state index contributed by atoms with van der Waals surface area (Å²) in [6.07, 6.45) is 5.89. The molecule has 1 aromatic carbocycles. The molecule has 18 heavy (non-hydrogen) atoms. The first kappa shape index (κ1) is 11.8. The highest BCUT2D eigenvalue weighted by Gasteiger charge is 2.55. The highest BCUT2D eigenvalue weighted by Crippen LogP contribution is 2.57. The molecule has 3 rings (SSSR count). The SMILES string of the molecule is CC[C@@]1(Cc2ccccc2)/C(=N\O)[C@@H]2CC[C@H]1C2. The monoisotopic (exact) mass is 243 g/mol. The van der Waals surface area contributed by atoms with E-state index in [4.69, 9.17) is 0 Å². The van der Waals surface area contributed by atoms with Gasteiger partial charge in [-0.1, -0.05) is 42.4 Å². The van der Waals surface area contributed by atoms with Crippen molar-refractivity contribution in [1.29, 1.82) is 0 Å². The summed E-state index contributed by atoms with van der Waals surface area (Å²) in [6, 6.07) is 10.6. The minimum absolute atomic E-state index is 0.124. The number of oxime groups is 1. The van der Waals surface area contributed by atoms with Crippen molar-refractivity contribution in [2.75, 3.05) is 0 Å². The third kappa shape index (κ3) is 1.58. The first-order valence-electron chi connectivity index (χ1n) is 7.06. The van der Waals surface area contributed by atoms with E-state index >= 15 is 0 Å². The van der Waals surface area contributed by atoms with Gasteiger partial charge in [-0.05, 0) is 43.6 Å². The zero-order valence-electron chi connectivity index (χ0n) is 11.0. The predicted octanol–water partition coefficient (Wildman–Crippen LogP) is 3.89. The lowest BCUT2D eigenvalue weighted by atomic mass is 9.66. The summed E-state index contributed by atoms with van der Waals surface area (Å²) in [5.74, 6) is 1.27. The summed E-state index contributed by atoms with van der Waals surface area (Å²) in [6.45, 7) is 2.24. The molecular formula is C16H21NO. The highest BCUT2D eigenvalue weighted by atomic mass is 16.4. The normalized spacial score (nSPS) is 36.4. The lowest BCUT2D eigenvalue weighted by molar-refractivity contribution is 0.242. The van der Waals surface area contributed by atoms with Crippen LogP contribution in [0.5, 0.6) is 0 Å². The third-order valence-electron chi connectivity index (χ3n) is 5.21. The molecule has 1 N–H and O–H groups in total. The predicted molar refractivity (Wildman–Crippen MR) is 72.9 cm³/mol. The Morgan fingerprint density at radius 3 is 2.72 bits per heavy atom. The molecule has 2 saturated carbocycles. The van der Waals surface area contributed by atoms with E-state index in [-0.39, 0.29) is 5.41 Å². The number of nitrogens with zero attached hydrogens (tertiary/aromatic N) is 1. The van der Waals surface area contributed by atoms with Crippen LogP contribution in [0.2, 0.25) is 0 Å². The fraction of sp³-hybridized carbons (Fsp3) is 0.562. The van der Waals surface area contributed by atoms with Gasteiger partial charge < -0.3 is 5.21 Å². The van der Waals surface area contributed by atoms with Gasteiger partial charge in [-0.3, -0.25) is 0 Å². The zero-order chi connectivity index (χ0) is 12.6. The van der Waals surface area contributed by atoms with E-state index in [9.17, 15) is 5.21 Å². The summed E-state index contributed by atoms with van der Waals surface area (Å²) in [5, 5.41) is 13.1. The molecule has 2 aliphatic carbocycles. The molecule has 0 heterocycles. The molecule has 0 unspecified atom stereocenters. The van der Waals surface area contributed by atoms with Crippen LogP contribution in [0.15, 0.2) is 35.5 Å². The summed E-state index contributed by atoms with van der Waals surface area (Å²) < 4.78 is 0. The van der Waals surface area contributed by atoms with E-state index in [1.807, 2.05) is 0 Å². The molecule has 0 saturated heterocycles. The second-order valence-corrected chi connectivity index (χ2v) is 5.86. The van der Waals surface area contributed by atoms with Gasteiger partial charge in [-0.25, -0.2) is 0 Å². The van der Waals surface area contributed by atoms with Gasteiger partial charge in [0, 0.05) is 11.3 Å². The summed E-state index contributed by atoms with van der Waals surface area (Å²) in [4.78, 5) is 0. The molecular weight excluding hydrogens is 222 g/mol. The van der Waals surface area contributed by atoms with Gasteiger partial charge in [0.25, 0.3) is 0 Å². The Morgan fingerprint density at radius 1 is 1.28 bits per heavy atom. The van der Waals surface area contributed by atoms with E-state index < -0.39 is 0 Å². The first-order valence-corrected chi connectivity index (χ1v) is 7.06. The van der Waals surface area contributed by atoms with Crippen molar-refractivity contribution >= 4 is 5.71 Å². The second kappa shape index (κ2) is 4.42. The van der Waals surface area contributed by atoms with Gasteiger partial charge in [0.2, 0.25) is 0 Å². The van der Waals surface area contributed by atoms with Crippen molar-refractivity contribution in [3.8, 4) is 0 Å². The van der Waals surface area contributed by atoms with Gasteiger partial charge in [0.1, 0.15) is 0 Å². The van der Waals surface area contributed by atoms with Crippen molar-refractivity contribution in [3.63, 3.8) is 0 Å². The minimum Gasteiger partial charge on any atom is -0.411 e. The molecule has 0 radical (unpaired) electrons. The van der Waals surface area contributed by atoms with Gasteiger partial charge in [0.05, 0.1) is 5.71 Å². The van der Waals surface area contributed by atoms with E-state index in [0.717, 1.165) is 24.5 Å². The molecule has 1 aromatic rings. The molecule has 2 heteroatoms. The van der Waals surface area contributed by atoms with Crippen LogP contribution in [0.4, 0.5) is 0 Å². The number of hydrogen-bond acceptors (Lipinski definition) is 2. The molecule has 2 bridgehead atoms. The largest absolute Gasteiger partial charge is 0.411 e. The average molecular weight is 243 g/mol. The maximum Gasteiger partial charge on any atom is 0.0669 e. The molecule has 2 fully saturated rings.